The Hall–Kier alpha value is -3.07. The second-order valence-corrected chi connectivity index (χ2v) is 5.04. The first-order valence-corrected chi connectivity index (χ1v) is 7.16. The molecular weight excluding hydrogens is 272 g/mol. The highest BCUT2D eigenvalue weighted by Crippen LogP contribution is 2.25. The molecule has 0 saturated carbocycles. The van der Waals surface area contributed by atoms with E-state index >= 15 is 0 Å². The Bertz CT molecular complexity index is 863. The largest absolute Gasteiger partial charge is 0.457 e. The lowest BCUT2D eigenvalue weighted by Gasteiger charge is -2.05. The molecule has 0 aliphatic rings. The van der Waals surface area contributed by atoms with Crippen LogP contribution in [0.4, 0.5) is 0 Å². The van der Waals surface area contributed by atoms with Gasteiger partial charge in [0, 0.05) is 5.56 Å². The van der Waals surface area contributed by atoms with E-state index in [0.29, 0.717) is 0 Å². The van der Waals surface area contributed by atoms with Crippen molar-refractivity contribution in [2.45, 2.75) is 0 Å². The molecule has 1 heterocycles. The molecule has 0 spiro atoms. The Morgan fingerprint density at radius 3 is 2.14 bits per heavy atom. The van der Waals surface area contributed by atoms with Crippen LogP contribution in [0.15, 0.2) is 78.9 Å². The highest BCUT2D eigenvalue weighted by atomic mass is 16.5. The molecule has 0 unspecified atom stereocenters. The summed E-state index contributed by atoms with van der Waals surface area (Å²) in [6, 6.07) is 25.7. The van der Waals surface area contributed by atoms with Gasteiger partial charge in [0.25, 0.3) is 0 Å². The molecule has 0 bridgehead atoms. The quantitative estimate of drug-likeness (QED) is 0.574. The van der Waals surface area contributed by atoms with Crippen LogP contribution in [0.5, 0.6) is 11.5 Å². The Morgan fingerprint density at radius 2 is 1.36 bits per heavy atom. The van der Waals surface area contributed by atoms with Crippen molar-refractivity contribution >= 4 is 11.0 Å². The number of rotatable bonds is 3. The standard InChI is InChI=1S/C19H14N2O/c1-2-6-15(7-3-1)22-16-12-10-14(11-13-16)19-20-17-8-4-5-9-18(17)21-19/h1-13H,(H,20,21). The number of benzene rings is 3. The fourth-order valence-corrected chi connectivity index (χ4v) is 2.39. The van der Waals surface area contributed by atoms with Crippen molar-refractivity contribution in [2.75, 3.05) is 0 Å². The van der Waals surface area contributed by atoms with Crippen molar-refractivity contribution in [3.8, 4) is 22.9 Å². The van der Waals surface area contributed by atoms with E-state index in [4.69, 9.17) is 4.74 Å². The van der Waals surface area contributed by atoms with Gasteiger partial charge in [-0.25, -0.2) is 4.98 Å². The molecule has 4 rings (SSSR count). The van der Waals surface area contributed by atoms with Gasteiger partial charge in [-0.2, -0.15) is 0 Å². The van der Waals surface area contributed by atoms with Gasteiger partial charge in [-0.1, -0.05) is 30.3 Å². The van der Waals surface area contributed by atoms with Crippen LogP contribution in [0, 0.1) is 0 Å². The SMILES string of the molecule is c1ccc(Oc2ccc(-c3nc4ccccc4[nH]3)cc2)cc1. The minimum atomic E-state index is 0.811. The van der Waals surface area contributed by atoms with Crippen LogP contribution in [0.1, 0.15) is 0 Å². The zero-order valence-electron chi connectivity index (χ0n) is 11.9. The summed E-state index contributed by atoms with van der Waals surface area (Å²) in [6.45, 7) is 0. The van der Waals surface area contributed by atoms with Crippen LogP contribution in [0.2, 0.25) is 0 Å². The number of H-pyrrole nitrogens is 1. The van der Waals surface area contributed by atoms with E-state index in [9.17, 15) is 0 Å². The zero-order valence-corrected chi connectivity index (χ0v) is 11.9. The fraction of sp³-hybridized carbons (Fsp3) is 0. The molecule has 1 N–H and O–H groups in total. The molecule has 4 aromatic rings. The summed E-state index contributed by atoms with van der Waals surface area (Å²) in [5, 5.41) is 0. The minimum Gasteiger partial charge on any atom is -0.457 e. The average molecular weight is 286 g/mol. The second kappa shape index (κ2) is 5.37. The maximum Gasteiger partial charge on any atom is 0.138 e. The summed E-state index contributed by atoms with van der Waals surface area (Å²) >= 11 is 0. The summed E-state index contributed by atoms with van der Waals surface area (Å²) in [5.74, 6) is 2.51. The number of para-hydroxylation sites is 3. The number of hydrogen-bond donors (Lipinski definition) is 1. The third-order valence-electron chi connectivity index (χ3n) is 3.50. The molecule has 0 radical (unpaired) electrons. The van der Waals surface area contributed by atoms with Crippen molar-refractivity contribution in [2.24, 2.45) is 0 Å². The van der Waals surface area contributed by atoms with Gasteiger partial charge in [0.2, 0.25) is 0 Å². The zero-order chi connectivity index (χ0) is 14.8. The van der Waals surface area contributed by atoms with E-state index in [-0.39, 0.29) is 0 Å². The third-order valence-corrected chi connectivity index (χ3v) is 3.50. The van der Waals surface area contributed by atoms with Crippen molar-refractivity contribution in [1.29, 1.82) is 0 Å². The predicted molar refractivity (Wildman–Crippen MR) is 88.0 cm³/mol. The Labute approximate surface area is 128 Å². The molecule has 0 fully saturated rings. The molecule has 0 atom stereocenters. The van der Waals surface area contributed by atoms with Crippen LogP contribution < -0.4 is 4.74 Å². The third kappa shape index (κ3) is 2.44. The Kier molecular flexibility index (Phi) is 3.09. The minimum absolute atomic E-state index is 0.811. The highest BCUT2D eigenvalue weighted by molar-refractivity contribution is 5.79. The van der Waals surface area contributed by atoms with Crippen molar-refractivity contribution in [1.82, 2.24) is 9.97 Å². The Balaban J connectivity index is 1.61. The van der Waals surface area contributed by atoms with Crippen molar-refractivity contribution in [3.63, 3.8) is 0 Å². The lowest BCUT2D eigenvalue weighted by molar-refractivity contribution is 0.483. The van der Waals surface area contributed by atoms with Gasteiger partial charge >= 0.3 is 0 Å². The number of aromatic nitrogens is 2. The van der Waals surface area contributed by atoms with Crippen LogP contribution in [0.25, 0.3) is 22.4 Å². The summed E-state index contributed by atoms with van der Waals surface area (Å²) in [4.78, 5) is 7.93. The predicted octanol–water partition coefficient (Wildman–Crippen LogP) is 5.02. The normalized spacial score (nSPS) is 10.7. The molecule has 1 aromatic heterocycles. The number of hydrogen-bond acceptors (Lipinski definition) is 2. The van der Waals surface area contributed by atoms with Gasteiger partial charge in [-0.3, -0.25) is 0 Å². The van der Waals surface area contributed by atoms with Gasteiger partial charge < -0.3 is 9.72 Å². The van der Waals surface area contributed by atoms with E-state index in [1.165, 1.54) is 0 Å². The van der Waals surface area contributed by atoms with Crippen molar-refractivity contribution in [3.05, 3.63) is 78.9 Å². The number of fused-ring (bicyclic) bond motifs is 1. The van der Waals surface area contributed by atoms with E-state index < -0.39 is 0 Å². The van der Waals surface area contributed by atoms with Gasteiger partial charge in [-0.05, 0) is 48.5 Å². The average Bonchev–Trinajstić information content (AvgIpc) is 3.00. The summed E-state index contributed by atoms with van der Waals surface area (Å²) in [5.41, 5.74) is 3.06. The molecular formula is C19H14N2O. The lowest BCUT2D eigenvalue weighted by atomic mass is 10.2. The molecule has 3 nitrogen and oxygen atoms in total. The number of ether oxygens (including phenoxy) is 1. The monoisotopic (exact) mass is 286 g/mol. The van der Waals surface area contributed by atoms with Crippen LogP contribution in [0.3, 0.4) is 0 Å². The molecule has 0 aliphatic heterocycles. The molecule has 3 aromatic carbocycles. The van der Waals surface area contributed by atoms with E-state index in [1.54, 1.807) is 0 Å². The van der Waals surface area contributed by atoms with E-state index in [0.717, 1.165) is 33.9 Å². The molecule has 0 aliphatic carbocycles. The van der Waals surface area contributed by atoms with Crippen LogP contribution in [-0.2, 0) is 0 Å². The van der Waals surface area contributed by atoms with E-state index in [1.807, 2.05) is 78.9 Å². The first-order valence-electron chi connectivity index (χ1n) is 7.16. The maximum atomic E-state index is 5.80. The summed E-state index contributed by atoms with van der Waals surface area (Å²) < 4.78 is 5.80. The first kappa shape index (κ1) is 12.7. The van der Waals surface area contributed by atoms with E-state index in [2.05, 4.69) is 9.97 Å². The topological polar surface area (TPSA) is 37.9 Å². The molecule has 3 heteroatoms. The second-order valence-electron chi connectivity index (χ2n) is 5.04. The van der Waals surface area contributed by atoms with Gasteiger partial charge in [0.1, 0.15) is 17.3 Å². The van der Waals surface area contributed by atoms with Crippen molar-refractivity contribution < 1.29 is 4.74 Å². The lowest BCUT2D eigenvalue weighted by Crippen LogP contribution is -1.84. The number of imidazole rings is 1. The maximum absolute atomic E-state index is 5.80. The summed E-state index contributed by atoms with van der Waals surface area (Å²) in [6.07, 6.45) is 0. The van der Waals surface area contributed by atoms with Crippen LogP contribution in [-0.4, -0.2) is 9.97 Å². The molecule has 106 valence electrons. The molecule has 0 saturated heterocycles. The van der Waals surface area contributed by atoms with Gasteiger partial charge in [0.15, 0.2) is 0 Å². The van der Waals surface area contributed by atoms with Gasteiger partial charge in [0.05, 0.1) is 11.0 Å². The number of nitrogens with one attached hydrogen (secondary N) is 1. The first-order chi connectivity index (χ1) is 10.9. The van der Waals surface area contributed by atoms with Gasteiger partial charge in [-0.15, -0.1) is 0 Å². The number of nitrogens with zero attached hydrogens (tertiary/aromatic N) is 1. The molecule has 0 amide bonds. The number of aromatic amines is 1. The smallest absolute Gasteiger partial charge is 0.138 e. The molecule has 22 heavy (non-hydrogen) atoms. The fourth-order valence-electron chi connectivity index (χ4n) is 2.39. The van der Waals surface area contributed by atoms with Crippen LogP contribution >= 0.6 is 0 Å². The Morgan fingerprint density at radius 1 is 0.682 bits per heavy atom. The summed E-state index contributed by atoms with van der Waals surface area (Å²) in [7, 11) is 0. The highest BCUT2D eigenvalue weighted by Gasteiger charge is 2.05.